The molecule has 0 bridgehead atoms. The molecule has 0 atom stereocenters. The van der Waals surface area contributed by atoms with E-state index < -0.39 is 5.97 Å². The van der Waals surface area contributed by atoms with E-state index in [0.29, 0.717) is 19.3 Å². The van der Waals surface area contributed by atoms with Gasteiger partial charge in [0.25, 0.3) is 0 Å². The number of aryl methyl sites for hydroxylation is 2. The van der Waals surface area contributed by atoms with E-state index in [2.05, 4.69) is 22.4 Å². The molecule has 0 unspecified atom stereocenters. The average molecular weight is 304 g/mol. The minimum absolute atomic E-state index is 0.0811. The number of pyridine rings is 1. The second-order valence-corrected chi connectivity index (χ2v) is 5.83. The van der Waals surface area contributed by atoms with Crippen LogP contribution in [0.15, 0.2) is 12.1 Å². The summed E-state index contributed by atoms with van der Waals surface area (Å²) in [7, 11) is 0. The Balaban J connectivity index is 1.64. The number of anilines is 1. The molecule has 0 saturated carbocycles. The van der Waals surface area contributed by atoms with E-state index in [0.717, 1.165) is 50.2 Å². The standard InChI is InChI=1S/C17H24N2O3/c20-15(8-3-9-16(21)22)7-2-1-6-14-11-10-13-5-4-12-18-17(13)19-14/h10-11H,1-9,12H2,(H,18,19)(H,21,22). The van der Waals surface area contributed by atoms with Crippen LogP contribution in [0.5, 0.6) is 0 Å². The Morgan fingerprint density at radius 2 is 1.95 bits per heavy atom. The first-order valence-electron chi connectivity index (χ1n) is 8.11. The molecule has 0 radical (unpaired) electrons. The van der Waals surface area contributed by atoms with Crippen LogP contribution < -0.4 is 5.32 Å². The average Bonchev–Trinajstić information content (AvgIpc) is 2.51. The number of carbonyl (C=O) groups is 2. The normalized spacial score (nSPS) is 13.3. The maximum absolute atomic E-state index is 11.6. The Labute approximate surface area is 131 Å². The van der Waals surface area contributed by atoms with Crippen LogP contribution in [-0.2, 0) is 22.4 Å². The topological polar surface area (TPSA) is 79.3 Å². The molecule has 1 aliphatic heterocycles. The number of nitrogens with zero attached hydrogens (tertiary/aromatic N) is 1. The van der Waals surface area contributed by atoms with E-state index in [1.54, 1.807) is 0 Å². The summed E-state index contributed by atoms with van der Waals surface area (Å²) < 4.78 is 0. The first-order valence-corrected chi connectivity index (χ1v) is 8.11. The van der Waals surface area contributed by atoms with Gasteiger partial charge in [0.15, 0.2) is 0 Å². The number of carboxylic acid groups (broad SMARTS) is 1. The molecule has 0 aromatic carbocycles. The summed E-state index contributed by atoms with van der Waals surface area (Å²) in [6.45, 7) is 0.994. The number of aliphatic carboxylic acids is 1. The lowest BCUT2D eigenvalue weighted by molar-refractivity contribution is -0.137. The third-order valence-corrected chi connectivity index (χ3v) is 3.94. The van der Waals surface area contributed by atoms with Crippen molar-refractivity contribution in [2.75, 3.05) is 11.9 Å². The first-order chi connectivity index (χ1) is 10.6. The molecule has 1 aromatic heterocycles. The van der Waals surface area contributed by atoms with Crippen molar-refractivity contribution < 1.29 is 14.7 Å². The number of carbonyl (C=O) groups excluding carboxylic acids is 1. The Morgan fingerprint density at radius 1 is 1.14 bits per heavy atom. The molecular formula is C17H24N2O3. The van der Waals surface area contributed by atoms with E-state index in [-0.39, 0.29) is 12.2 Å². The molecule has 0 spiro atoms. The molecular weight excluding hydrogens is 280 g/mol. The molecule has 120 valence electrons. The van der Waals surface area contributed by atoms with Crippen LogP contribution in [-0.4, -0.2) is 28.4 Å². The summed E-state index contributed by atoms with van der Waals surface area (Å²) in [5.74, 6) is 0.356. The van der Waals surface area contributed by atoms with E-state index >= 15 is 0 Å². The molecule has 22 heavy (non-hydrogen) atoms. The first kappa shape index (κ1) is 16.5. The Bertz CT molecular complexity index is 529. The molecule has 0 saturated heterocycles. The number of rotatable bonds is 9. The summed E-state index contributed by atoms with van der Waals surface area (Å²) in [5.41, 5.74) is 2.37. The maximum Gasteiger partial charge on any atom is 0.303 e. The zero-order valence-corrected chi connectivity index (χ0v) is 12.9. The number of unbranched alkanes of at least 4 members (excludes halogenated alkanes) is 1. The summed E-state index contributed by atoms with van der Waals surface area (Å²) in [6, 6.07) is 4.24. The lowest BCUT2D eigenvalue weighted by atomic mass is 10.0. The fourth-order valence-electron chi connectivity index (χ4n) is 2.70. The molecule has 2 rings (SSSR count). The lowest BCUT2D eigenvalue weighted by Gasteiger charge is -2.17. The van der Waals surface area contributed by atoms with E-state index in [1.807, 2.05) is 0 Å². The van der Waals surface area contributed by atoms with E-state index in [1.165, 1.54) is 5.56 Å². The van der Waals surface area contributed by atoms with Gasteiger partial charge in [-0.1, -0.05) is 6.07 Å². The number of hydrogen-bond acceptors (Lipinski definition) is 4. The number of Topliss-reactive ketones (excluding diaryl/α,β-unsaturated/α-hetero) is 1. The highest BCUT2D eigenvalue weighted by molar-refractivity contribution is 5.78. The van der Waals surface area contributed by atoms with Crippen molar-refractivity contribution in [3.63, 3.8) is 0 Å². The lowest BCUT2D eigenvalue weighted by Crippen LogP contribution is -2.14. The second kappa shape index (κ2) is 8.51. The smallest absolute Gasteiger partial charge is 0.303 e. The maximum atomic E-state index is 11.6. The molecule has 2 N–H and O–H groups in total. The highest BCUT2D eigenvalue weighted by Crippen LogP contribution is 2.20. The number of carboxylic acids is 1. The van der Waals surface area contributed by atoms with Crippen molar-refractivity contribution in [1.29, 1.82) is 0 Å². The van der Waals surface area contributed by atoms with Gasteiger partial charge in [-0.2, -0.15) is 0 Å². The van der Waals surface area contributed by atoms with Gasteiger partial charge in [0.05, 0.1) is 0 Å². The van der Waals surface area contributed by atoms with Gasteiger partial charge >= 0.3 is 5.97 Å². The molecule has 5 nitrogen and oxygen atoms in total. The third-order valence-electron chi connectivity index (χ3n) is 3.94. The third kappa shape index (κ3) is 5.47. The molecule has 1 aromatic rings. The number of ketones is 1. The molecule has 0 amide bonds. The van der Waals surface area contributed by atoms with Gasteiger partial charge in [-0.25, -0.2) is 4.98 Å². The Kier molecular flexibility index (Phi) is 6.37. The minimum atomic E-state index is -0.833. The monoisotopic (exact) mass is 304 g/mol. The summed E-state index contributed by atoms with van der Waals surface area (Å²) in [6.07, 6.45) is 6.39. The van der Waals surface area contributed by atoms with Gasteiger partial charge in [-0.15, -0.1) is 0 Å². The van der Waals surface area contributed by atoms with Crippen LogP contribution >= 0.6 is 0 Å². The number of nitrogens with one attached hydrogen (secondary N) is 1. The van der Waals surface area contributed by atoms with E-state index in [9.17, 15) is 9.59 Å². The highest BCUT2D eigenvalue weighted by Gasteiger charge is 2.10. The van der Waals surface area contributed by atoms with Crippen LogP contribution in [0.4, 0.5) is 5.82 Å². The van der Waals surface area contributed by atoms with Crippen LogP contribution in [0.25, 0.3) is 0 Å². The molecule has 2 heterocycles. The van der Waals surface area contributed by atoms with Gasteiger partial charge in [0.2, 0.25) is 0 Å². The second-order valence-electron chi connectivity index (χ2n) is 5.83. The largest absolute Gasteiger partial charge is 0.481 e. The zero-order chi connectivity index (χ0) is 15.8. The quantitative estimate of drug-likeness (QED) is 0.686. The van der Waals surface area contributed by atoms with Crippen LogP contribution in [0, 0.1) is 0 Å². The van der Waals surface area contributed by atoms with Crippen molar-refractivity contribution >= 4 is 17.6 Å². The number of hydrogen-bond donors (Lipinski definition) is 2. The predicted octanol–water partition coefficient (Wildman–Crippen LogP) is 2.98. The van der Waals surface area contributed by atoms with Crippen molar-refractivity contribution in [3.05, 3.63) is 23.4 Å². The van der Waals surface area contributed by atoms with Crippen molar-refractivity contribution in [1.82, 2.24) is 4.98 Å². The van der Waals surface area contributed by atoms with Gasteiger partial charge in [-0.05, 0) is 50.2 Å². The van der Waals surface area contributed by atoms with Crippen LogP contribution in [0.2, 0.25) is 0 Å². The Morgan fingerprint density at radius 3 is 2.77 bits per heavy atom. The van der Waals surface area contributed by atoms with Gasteiger partial charge in [-0.3, -0.25) is 9.59 Å². The van der Waals surface area contributed by atoms with Crippen LogP contribution in [0.1, 0.15) is 56.2 Å². The summed E-state index contributed by atoms with van der Waals surface area (Å²) in [4.78, 5) is 26.6. The fraction of sp³-hybridized carbons (Fsp3) is 0.588. The highest BCUT2D eigenvalue weighted by atomic mass is 16.4. The molecule has 5 heteroatoms. The zero-order valence-electron chi connectivity index (χ0n) is 12.9. The molecule has 0 fully saturated rings. The van der Waals surface area contributed by atoms with Crippen molar-refractivity contribution in [2.24, 2.45) is 0 Å². The number of aromatic nitrogens is 1. The fourth-order valence-corrected chi connectivity index (χ4v) is 2.70. The van der Waals surface area contributed by atoms with Crippen molar-refractivity contribution in [2.45, 2.75) is 57.8 Å². The van der Waals surface area contributed by atoms with Gasteiger partial charge in [0.1, 0.15) is 11.6 Å². The molecule has 1 aliphatic rings. The van der Waals surface area contributed by atoms with E-state index in [4.69, 9.17) is 5.11 Å². The van der Waals surface area contributed by atoms with Gasteiger partial charge < -0.3 is 10.4 Å². The number of fused-ring (bicyclic) bond motifs is 1. The molecule has 0 aliphatic carbocycles. The SMILES string of the molecule is O=C(O)CCCC(=O)CCCCc1ccc2c(n1)NCCC2. The Hall–Kier alpha value is -1.91. The van der Waals surface area contributed by atoms with Crippen LogP contribution in [0.3, 0.4) is 0 Å². The van der Waals surface area contributed by atoms with Gasteiger partial charge in [0, 0.05) is 31.5 Å². The summed E-state index contributed by atoms with van der Waals surface area (Å²) >= 11 is 0. The summed E-state index contributed by atoms with van der Waals surface area (Å²) in [5, 5.41) is 11.9. The minimum Gasteiger partial charge on any atom is -0.481 e. The van der Waals surface area contributed by atoms with Crippen molar-refractivity contribution in [3.8, 4) is 0 Å². The predicted molar refractivity (Wildman–Crippen MR) is 85.1 cm³/mol.